The third-order valence-electron chi connectivity index (χ3n) is 2.32. The summed E-state index contributed by atoms with van der Waals surface area (Å²) in [5.74, 6) is 0. The van der Waals surface area contributed by atoms with E-state index in [1.165, 1.54) is 10.9 Å². The molecule has 0 aliphatic heterocycles. The van der Waals surface area contributed by atoms with E-state index in [9.17, 15) is 0 Å². The molecule has 0 saturated carbocycles. The zero-order valence-electron chi connectivity index (χ0n) is 8.92. The van der Waals surface area contributed by atoms with Crippen LogP contribution in [0.2, 0.25) is 0 Å². The summed E-state index contributed by atoms with van der Waals surface area (Å²) in [7, 11) is 0. The van der Waals surface area contributed by atoms with Gasteiger partial charge in [-0.1, -0.05) is 0 Å². The average molecular weight is 298 g/mol. The third-order valence-corrected chi connectivity index (χ3v) is 2.95. The molecular weight excluding hydrogens is 294 g/mol. The summed E-state index contributed by atoms with van der Waals surface area (Å²) in [6.07, 6.45) is 1.41. The lowest BCUT2D eigenvalue weighted by atomic mass is 10.2. The summed E-state index contributed by atoms with van der Waals surface area (Å²) in [5.41, 5.74) is 1.40. The SMILES string of the molecule is N#Cc1ccc(-n2cnc(C#N)c2C#N)c(Br)c1. The first kappa shape index (κ1) is 11.9. The molecule has 18 heavy (non-hydrogen) atoms. The van der Waals surface area contributed by atoms with Gasteiger partial charge in [-0.25, -0.2) is 4.98 Å². The van der Waals surface area contributed by atoms with Crippen molar-refractivity contribution in [3.8, 4) is 23.9 Å². The smallest absolute Gasteiger partial charge is 0.177 e. The molecule has 84 valence electrons. The van der Waals surface area contributed by atoms with Gasteiger partial charge in [-0.15, -0.1) is 0 Å². The van der Waals surface area contributed by atoms with E-state index >= 15 is 0 Å². The number of halogens is 1. The lowest BCUT2D eigenvalue weighted by molar-refractivity contribution is 1.03. The van der Waals surface area contributed by atoms with Crippen molar-refractivity contribution in [3.05, 3.63) is 46.0 Å². The molecule has 1 aromatic heterocycles. The molecule has 0 N–H and O–H groups in total. The normalized spacial score (nSPS) is 9.22. The van der Waals surface area contributed by atoms with Crippen LogP contribution in [0.25, 0.3) is 5.69 Å². The molecule has 1 heterocycles. The molecule has 2 aromatic rings. The summed E-state index contributed by atoms with van der Waals surface area (Å²) in [4.78, 5) is 3.86. The minimum absolute atomic E-state index is 0.0776. The largest absolute Gasteiger partial charge is 0.288 e. The summed E-state index contributed by atoms with van der Waals surface area (Å²) in [6.45, 7) is 0. The van der Waals surface area contributed by atoms with E-state index in [0.717, 1.165) is 0 Å². The van der Waals surface area contributed by atoms with Crippen molar-refractivity contribution in [3.63, 3.8) is 0 Å². The van der Waals surface area contributed by atoms with Gasteiger partial charge in [-0.2, -0.15) is 15.8 Å². The average Bonchev–Trinajstić information content (AvgIpc) is 2.81. The van der Waals surface area contributed by atoms with E-state index in [2.05, 4.69) is 20.9 Å². The number of hydrogen-bond acceptors (Lipinski definition) is 4. The van der Waals surface area contributed by atoms with Crippen molar-refractivity contribution in [1.29, 1.82) is 15.8 Å². The highest BCUT2D eigenvalue weighted by Crippen LogP contribution is 2.24. The molecular formula is C12H4BrN5. The second-order valence-corrected chi connectivity index (χ2v) is 4.17. The topological polar surface area (TPSA) is 89.2 Å². The van der Waals surface area contributed by atoms with Crippen molar-refractivity contribution >= 4 is 15.9 Å². The van der Waals surface area contributed by atoms with Gasteiger partial charge in [0.2, 0.25) is 0 Å². The number of hydrogen-bond donors (Lipinski definition) is 0. The highest BCUT2D eigenvalue weighted by Gasteiger charge is 2.13. The van der Waals surface area contributed by atoms with Crippen LogP contribution in [0, 0.1) is 34.0 Å². The predicted octanol–water partition coefficient (Wildman–Crippen LogP) is 2.25. The Kier molecular flexibility index (Phi) is 3.10. The van der Waals surface area contributed by atoms with Gasteiger partial charge in [-0.05, 0) is 34.1 Å². The fourth-order valence-electron chi connectivity index (χ4n) is 1.49. The van der Waals surface area contributed by atoms with Crippen LogP contribution in [0.1, 0.15) is 17.0 Å². The monoisotopic (exact) mass is 297 g/mol. The van der Waals surface area contributed by atoms with Gasteiger partial charge in [0.25, 0.3) is 0 Å². The number of nitriles is 3. The molecule has 0 aliphatic rings. The summed E-state index contributed by atoms with van der Waals surface area (Å²) < 4.78 is 2.16. The third kappa shape index (κ3) is 1.84. The van der Waals surface area contributed by atoms with E-state index in [1.54, 1.807) is 18.2 Å². The molecule has 6 heteroatoms. The van der Waals surface area contributed by atoms with E-state index in [1.807, 2.05) is 18.2 Å². The molecule has 0 fully saturated rings. The minimum atomic E-state index is 0.0776. The number of imidazole rings is 1. The van der Waals surface area contributed by atoms with Gasteiger partial charge < -0.3 is 0 Å². The molecule has 2 rings (SSSR count). The molecule has 0 radical (unpaired) electrons. The maximum Gasteiger partial charge on any atom is 0.177 e. The zero-order valence-corrected chi connectivity index (χ0v) is 10.5. The highest BCUT2D eigenvalue weighted by atomic mass is 79.9. The minimum Gasteiger partial charge on any atom is -0.288 e. The molecule has 0 amide bonds. The van der Waals surface area contributed by atoms with Gasteiger partial charge in [-0.3, -0.25) is 4.57 Å². The van der Waals surface area contributed by atoms with Crippen LogP contribution in [0.5, 0.6) is 0 Å². The second-order valence-electron chi connectivity index (χ2n) is 3.31. The van der Waals surface area contributed by atoms with Crippen LogP contribution in [0.15, 0.2) is 29.0 Å². The summed E-state index contributed by atoms with van der Waals surface area (Å²) >= 11 is 3.33. The highest BCUT2D eigenvalue weighted by molar-refractivity contribution is 9.10. The first-order valence-electron chi connectivity index (χ1n) is 4.79. The predicted molar refractivity (Wildman–Crippen MR) is 65.4 cm³/mol. The van der Waals surface area contributed by atoms with Crippen LogP contribution < -0.4 is 0 Å². The molecule has 1 aromatic carbocycles. The molecule has 0 saturated heterocycles. The fraction of sp³-hybridized carbons (Fsp3) is 0. The zero-order chi connectivity index (χ0) is 13.1. The van der Waals surface area contributed by atoms with Crippen molar-refractivity contribution in [2.45, 2.75) is 0 Å². The van der Waals surface area contributed by atoms with Crippen molar-refractivity contribution < 1.29 is 0 Å². The fourth-order valence-corrected chi connectivity index (χ4v) is 2.06. The number of benzene rings is 1. The Morgan fingerprint density at radius 2 is 1.89 bits per heavy atom. The van der Waals surface area contributed by atoms with E-state index in [0.29, 0.717) is 15.7 Å². The Bertz CT molecular complexity index is 739. The van der Waals surface area contributed by atoms with Gasteiger partial charge in [0, 0.05) is 4.47 Å². The van der Waals surface area contributed by atoms with Gasteiger partial charge in [0.05, 0.1) is 17.3 Å². The van der Waals surface area contributed by atoms with E-state index in [4.69, 9.17) is 15.8 Å². The molecule has 0 unspecified atom stereocenters. The molecule has 0 atom stereocenters. The van der Waals surface area contributed by atoms with Crippen LogP contribution in [0.4, 0.5) is 0 Å². The van der Waals surface area contributed by atoms with E-state index < -0.39 is 0 Å². The molecule has 0 bridgehead atoms. The molecule has 0 aliphatic carbocycles. The number of rotatable bonds is 1. The quantitative estimate of drug-likeness (QED) is 0.807. The standard InChI is InChI=1S/C12H4BrN5/c13-9-3-8(4-14)1-2-11(9)18-7-17-10(5-15)12(18)6-16/h1-3,7H. The van der Waals surface area contributed by atoms with Crippen molar-refractivity contribution in [2.24, 2.45) is 0 Å². The number of aromatic nitrogens is 2. The Hall–Kier alpha value is -2.62. The summed E-state index contributed by atoms with van der Waals surface area (Å²) in [6, 6.07) is 10.8. The summed E-state index contributed by atoms with van der Waals surface area (Å²) in [5, 5.41) is 26.7. The van der Waals surface area contributed by atoms with Crippen LogP contribution in [-0.2, 0) is 0 Å². The van der Waals surface area contributed by atoms with Crippen LogP contribution in [-0.4, -0.2) is 9.55 Å². The lowest BCUT2D eigenvalue weighted by Gasteiger charge is -2.06. The van der Waals surface area contributed by atoms with Gasteiger partial charge in [0.1, 0.15) is 18.5 Å². The first-order chi connectivity index (χ1) is 8.71. The Morgan fingerprint density at radius 1 is 1.11 bits per heavy atom. The molecule has 5 nitrogen and oxygen atoms in total. The molecule has 0 spiro atoms. The lowest BCUT2D eigenvalue weighted by Crippen LogP contribution is -1.98. The van der Waals surface area contributed by atoms with Gasteiger partial charge >= 0.3 is 0 Å². The van der Waals surface area contributed by atoms with Crippen LogP contribution >= 0.6 is 15.9 Å². The second kappa shape index (κ2) is 4.71. The maximum atomic E-state index is 9.04. The number of nitrogens with zero attached hydrogens (tertiary/aromatic N) is 5. The van der Waals surface area contributed by atoms with E-state index in [-0.39, 0.29) is 11.4 Å². The van der Waals surface area contributed by atoms with Gasteiger partial charge in [0.15, 0.2) is 11.4 Å². The first-order valence-corrected chi connectivity index (χ1v) is 5.58. The van der Waals surface area contributed by atoms with Crippen molar-refractivity contribution in [2.75, 3.05) is 0 Å². The maximum absolute atomic E-state index is 9.04. The Labute approximate surface area is 111 Å². The van der Waals surface area contributed by atoms with Crippen LogP contribution in [0.3, 0.4) is 0 Å². The Morgan fingerprint density at radius 3 is 2.44 bits per heavy atom. The Balaban J connectivity index is 2.65. The van der Waals surface area contributed by atoms with Crippen molar-refractivity contribution in [1.82, 2.24) is 9.55 Å².